The van der Waals surface area contributed by atoms with Gasteiger partial charge in [0, 0.05) is 22.7 Å². The molecule has 0 spiro atoms. The summed E-state index contributed by atoms with van der Waals surface area (Å²) in [7, 11) is 0. The maximum atomic E-state index is 13.6. The molecular weight excluding hydrogens is 446 g/mol. The number of hydrogen-bond acceptors (Lipinski definition) is 5. The quantitative estimate of drug-likeness (QED) is 0.526. The van der Waals surface area contributed by atoms with E-state index in [2.05, 4.69) is 26.5 Å². The van der Waals surface area contributed by atoms with Crippen LogP contribution < -0.4 is 15.4 Å². The number of Topliss-reactive ketones (excluding diaryl/α,β-unsaturated/α-hetero) is 1. The molecule has 1 atom stereocenters. The first-order chi connectivity index (χ1) is 16.2. The SMILES string of the molecule is C=CCOc1ccc(C2C(C#N)=C(N)N(c3cccc(Cl)c3C)C3=C2C(=O)CC(C)(C)C3)cc1. The van der Waals surface area contributed by atoms with E-state index in [0.717, 1.165) is 22.5 Å². The number of anilines is 1. The summed E-state index contributed by atoms with van der Waals surface area (Å²) < 4.78 is 5.61. The summed E-state index contributed by atoms with van der Waals surface area (Å²) in [6.45, 7) is 10.1. The third kappa shape index (κ3) is 4.10. The Kier molecular flexibility index (Phi) is 6.29. The minimum Gasteiger partial charge on any atom is -0.490 e. The lowest BCUT2D eigenvalue weighted by molar-refractivity contribution is -0.118. The summed E-state index contributed by atoms with van der Waals surface area (Å²) in [4.78, 5) is 15.5. The number of ketones is 1. The average Bonchev–Trinajstić information content (AvgIpc) is 2.79. The van der Waals surface area contributed by atoms with Gasteiger partial charge in [0.2, 0.25) is 0 Å². The molecule has 0 saturated carbocycles. The highest BCUT2D eigenvalue weighted by Crippen LogP contribution is 2.50. The molecule has 0 radical (unpaired) electrons. The fourth-order valence-electron chi connectivity index (χ4n) is 4.87. The lowest BCUT2D eigenvalue weighted by atomic mass is 9.68. The highest BCUT2D eigenvalue weighted by atomic mass is 35.5. The fraction of sp³-hybridized carbons (Fsp3) is 0.286. The van der Waals surface area contributed by atoms with Gasteiger partial charge in [0.15, 0.2) is 5.78 Å². The molecule has 0 saturated heterocycles. The number of carbonyl (C=O) groups excluding carboxylic acids is 1. The molecule has 2 aromatic carbocycles. The second-order valence-electron chi connectivity index (χ2n) is 9.53. The van der Waals surface area contributed by atoms with E-state index in [0.29, 0.717) is 47.2 Å². The maximum absolute atomic E-state index is 13.6. The molecule has 0 amide bonds. The minimum absolute atomic E-state index is 0.0353. The number of rotatable bonds is 5. The Labute approximate surface area is 205 Å². The predicted molar refractivity (Wildman–Crippen MR) is 135 cm³/mol. The normalized spacial score (nSPS) is 19.6. The molecular formula is C28H28ClN3O2. The highest BCUT2D eigenvalue weighted by molar-refractivity contribution is 6.31. The first-order valence-electron chi connectivity index (χ1n) is 11.2. The van der Waals surface area contributed by atoms with Gasteiger partial charge in [0.1, 0.15) is 18.2 Å². The van der Waals surface area contributed by atoms with E-state index in [4.69, 9.17) is 22.1 Å². The van der Waals surface area contributed by atoms with E-state index in [1.165, 1.54) is 0 Å². The first kappa shape index (κ1) is 23.7. The van der Waals surface area contributed by atoms with Gasteiger partial charge in [-0.2, -0.15) is 5.26 Å². The van der Waals surface area contributed by atoms with Gasteiger partial charge in [0.05, 0.1) is 23.2 Å². The summed E-state index contributed by atoms with van der Waals surface area (Å²) in [5.74, 6) is 0.520. The molecule has 0 fully saturated rings. The van der Waals surface area contributed by atoms with Gasteiger partial charge in [-0.3, -0.25) is 9.69 Å². The number of nitrogens with zero attached hydrogens (tertiary/aromatic N) is 2. The molecule has 34 heavy (non-hydrogen) atoms. The first-order valence-corrected chi connectivity index (χ1v) is 11.6. The van der Waals surface area contributed by atoms with E-state index in [1.807, 2.05) is 54.3 Å². The van der Waals surface area contributed by atoms with Gasteiger partial charge in [-0.25, -0.2) is 0 Å². The smallest absolute Gasteiger partial charge is 0.162 e. The number of carbonyl (C=O) groups is 1. The molecule has 4 rings (SSSR count). The summed E-state index contributed by atoms with van der Waals surface area (Å²) >= 11 is 6.44. The summed E-state index contributed by atoms with van der Waals surface area (Å²) in [5, 5.41) is 10.8. The number of ether oxygens (including phenoxy) is 1. The Morgan fingerprint density at radius 2 is 1.97 bits per heavy atom. The third-order valence-corrected chi connectivity index (χ3v) is 6.85. The molecule has 2 aromatic rings. The van der Waals surface area contributed by atoms with Crippen LogP contribution in [-0.2, 0) is 4.79 Å². The zero-order valence-electron chi connectivity index (χ0n) is 19.7. The van der Waals surface area contributed by atoms with Crippen molar-refractivity contribution in [3.63, 3.8) is 0 Å². The molecule has 1 unspecified atom stereocenters. The summed E-state index contributed by atoms with van der Waals surface area (Å²) in [5.41, 5.74) is 10.7. The molecule has 0 bridgehead atoms. The van der Waals surface area contributed by atoms with Crippen LogP contribution in [0.25, 0.3) is 0 Å². The minimum atomic E-state index is -0.534. The van der Waals surface area contributed by atoms with Crippen molar-refractivity contribution >= 4 is 23.1 Å². The second-order valence-corrected chi connectivity index (χ2v) is 9.94. The van der Waals surface area contributed by atoms with Crippen LogP contribution in [0, 0.1) is 23.7 Å². The van der Waals surface area contributed by atoms with Crippen molar-refractivity contribution in [1.82, 2.24) is 0 Å². The number of benzene rings is 2. The fourth-order valence-corrected chi connectivity index (χ4v) is 5.04. The number of allylic oxidation sites excluding steroid dienone is 3. The van der Waals surface area contributed by atoms with Gasteiger partial charge < -0.3 is 10.5 Å². The molecule has 2 aliphatic rings. The van der Waals surface area contributed by atoms with E-state index in [1.54, 1.807) is 6.08 Å². The predicted octanol–water partition coefficient (Wildman–Crippen LogP) is 6.15. The monoisotopic (exact) mass is 473 g/mol. The lowest BCUT2D eigenvalue weighted by Crippen LogP contribution is -2.42. The van der Waals surface area contributed by atoms with Gasteiger partial charge in [0.25, 0.3) is 0 Å². The van der Waals surface area contributed by atoms with Crippen molar-refractivity contribution in [3.8, 4) is 11.8 Å². The Morgan fingerprint density at radius 1 is 1.26 bits per heavy atom. The van der Waals surface area contributed by atoms with Crippen LogP contribution in [0.1, 0.15) is 43.7 Å². The summed E-state index contributed by atoms with van der Waals surface area (Å²) in [6, 6.07) is 15.4. The zero-order valence-corrected chi connectivity index (χ0v) is 20.4. The highest BCUT2D eigenvalue weighted by Gasteiger charge is 2.44. The van der Waals surface area contributed by atoms with Crippen LogP contribution in [0.4, 0.5) is 5.69 Å². The molecule has 1 aliphatic carbocycles. The average molecular weight is 474 g/mol. The number of nitrogens with two attached hydrogens (primary N) is 1. The van der Waals surface area contributed by atoms with E-state index >= 15 is 0 Å². The number of hydrogen-bond donors (Lipinski definition) is 1. The standard InChI is InChI=1S/C28H28ClN3O2/c1-5-13-34-19-11-9-18(10-12-19)25-20(16-30)27(31)32(22-8-6-7-21(29)17(22)2)23-14-28(3,4)15-24(33)26(23)25/h5-12,25H,1,13-15,31H2,2-4H3. The van der Waals surface area contributed by atoms with Gasteiger partial charge in [-0.15, -0.1) is 0 Å². The van der Waals surface area contributed by atoms with Crippen LogP contribution in [0.3, 0.4) is 0 Å². The van der Waals surface area contributed by atoms with E-state index in [9.17, 15) is 10.1 Å². The molecule has 0 aromatic heterocycles. The molecule has 174 valence electrons. The van der Waals surface area contributed by atoms with Gasteiger partial charge in [-0.05, 0) is 54.2 Å². The molecule has 5 nitrogen and oxygen atoms in total. The van der Waals surface area contributed by atoms with Crippen LogP contribution in [0.2, 0.25) is 5.02 Å². The Bertz CT molecular complexity index is 1270. The summed E-state index contributed by atoms with van der Waals surface area (Å²) in [6.07, 6.45) is 2.73. The van der Waals surface area contributed by atoms with Gasteiger partial charge in [-0.1, -0.05) is 56.3 Å². The van der Waals surface area contributed by atoms with E-state index < -0.39 is 5.92 Å². The van der Waals surface area contributed by atoms with Crippen molar-refractivity contribution in [3.05, 3.63) is 93.9 Å². The lowest BCUT2D eigenvalue weighted by Gasteiger charge is -2.44. The van der Waals surface area contributed by atoms with Crippen LogP contribution in [0.15, 0.2) is 77.8 Å². The molecule has 2 N–H and O–H groups in total. The molecule has 1 heterocycles. The maximum Gasteiger partial charge on any atom is 0.162 e. The number of halogens is 1. The van der Waals surface area contributed by atoms with Crippen molar-refractivity contribution < 1.29 is 9.53 Å². The van der Waals surface area contributed by atoms with Crippen molar-refractivity contribution in [2.45, 2.75) is 39.5 Å². The largest absolute Gasteiger partial charge is 0.490 e. The van der Waals surface area contributed by atoms with Crippen molar-refractivity contribution in [2.24, 2.45) is 11.1 Å². The van der Waals surface area contributed by atoms with Gasteiger partial charge >= 0.3 is 0 Å². The zero-order chi connectivity index (χ0) is 24.6. The van der Waals surface area contributed by atoms with Crippen LogP contribution in [0.5, 0.6) is 5.75 Å². The Balaban J connectivity index is 1.93. The van der Waals surface area contributed by atoms with Crippen molar-refractivity contribution in [2.75, 3.05) is 11.5 Å². The molecule has 1 aliphatic heterocycles. The van der Waals surface area contributed by atoms with Crippen LogP contribution in [-0.4, -0.2) is 12.4 Å². The number of nitriles is 1. The van der Waals surface area contributed by atoms with Crippen molar-refractivity contribution in [1.29, 1.82) is 5.26 Å². The van der Waals surface area contributed by atoms with Crippen LogP contribution >= 0.6 is 11.6 Å². The molecule has 6 heteroatoms. The Hall–Kier alpha value is -3.49. The van der Waals surface area contributed by atoms with E-state index in [-0.39, 0.29) is 11.2 Å². The second kappa shape index (κ2) is 9.04. The Morgan fingerprint density at radius 3 is 2.62 bits per heavy atom. The topological polar surface area (TPSA) is 79.3 Å². The third-order valence-electron chi connectivity index (χ3n) is 6.44.